The standard InChI is InChI=1S/C15H23NO2/c1-11(2)18-15(17)14(16)6-4-5-13-9-7-12(3)8-10-13/h7-11,14H,4-6,16H2,1-3H3. The Morgan fingerprint density at radius 1 is 1.28 bits per heavy atom. The molecular weight excluding hydrogens is 226 g/mol. The first kappa shape index (κ1) is 14.7. The molecule has 1 unspecified atom stereocenters. The second-order valence-corrected chi connectivity index (χ2v) is 4.97. The molecule has 18 heavy (non-hydrogen) atoms. The summed E-state index contributed by atoms with van der Waals surface area (Å²) in [4.78, 5) is 11.5. The van der Waals surface area contributed by atoms with Crippen LogP contribution in [0.1, 0.15) is 37.8 Å². The van der Waals surface area contributed by atoms with Crippen LogP contribution >= 0.6 is 0 Å². The molecule has 1 rings (SSSR count). The molecule has 1 atom stereocenters. The molecule has 0 bridgehead atoms. The Kier molecular flexibility index (Phi) is 5.86. The van der Waals surface area contributed by atoms with E-state index in [0.29, 0.717) is 6.42 Å². The molecule has 0 fully saturated rings. The van der Waals surface area contributed by atoms with Crippen LogP contribution in [0.15, 0.2) is 24.3 Å². The number of rotatable bonds is 6. The van der Waals surface area contributed by atoms with Gasteiger partial charge >= 0.3 is 5.97 Å². The van der Waals surface area contributed by atoms with Gasteiger partial charge in [-0.25, -0.2) is 0 Å². The number of nitrogens with two attached hydrogens (primary N) is 1. The third-order valence-corrected chi connectivity index (χ3v) is 2.76. The molecule has 0 spiro atoms. The van der Waals surface area contributed by atoms with Gasteiger partial charge in [-0.05, 0) is 45.6 Å². The maximum Gasteiger partial charge on any atom is 0.323 e. The number of benzene rings is 1. The molecule has 0 saturated heterocycles. The summed E-state index contributed by atoms with van der Waals surface area (Å²) in [6.07, 6.45) is 2.42. The molecule has 0 heterocycles. The molecule has 3 nitrogen and oxygen atoms in total. The third-order valence-electron chi connectivity index (χ3n) is 2.76. The lowest BCUT2D eigenvalue weighted by molar-refractivity contribution is -0.149. The maximum atomic E-state index is 11.5. The van der Waals surface area contributed by atoms with Crippen molar-refractivity contribution >= 4 is 5.97 Å². The van der Waals surface area contributed by atoms with E-state index in [-0.39, 0.29) is 12.1 Å². The predicted octanol–water partition coefficient (Wildman–Crippen LogP) is 2.60. The van der Waals surface area contributed by atoms with E-state index < -0.39 is 6.04 Å². The van der Waals surface area contributed by atoms with Crippen LogP contribution in [0.2, 0.25) is 0 Å². The van der Waals surface area contributed by atoms with Gasteiger partial charge in [-0.15, -0.1) is 0 Å². The fourth-order valence-electron chi connectivity index (χ4n) is 1.72. The molecule has 0 radical (unpaired) electrons. The first-order valence-corrected chi connectivity index (χ1v) is 6.50. The van der Waals surface area contributed by atoms with Crippen molar-refractivity contribution in [3.63, 3.8) is 0 Å². The number of ether oxygens (including phenoxy) is 1. The molecule has 100 valence electrons. The average Bonchev–Trinajstić information content (AvgIpc) is 2.30. The Morgan fingerprint density at radius 3 is 2.44 bits per heavy atom. The van der Waals surface area contributed by atoms with E-state index in [1.165, 1.54) is 11.1 Å². The summed E-state index contributed by atoms with van der Waals surface area (Å²) in [5.74, 6) is -0.297. The highest BCUT2D eigenvalue weighted by atomic mass is 16.5. The Bertz CT molecular complexity index is 371. The van der Waals surface area contributed by atoms with Gasteiger partial charge < -0.3 is 10.5 Å². The van der Waals surface area contributed by atoms with Crippen LogP contribution in [0, 0.1) is 6.92 Å². The largest absolute Gasteiger partial charge is 0.462 e. The normalized spacial score (nSPS) is 12.5. The number of hydrogen-bond acceptors (Lipinski definition) is 3. The lowest BCUT2D eigenvalue weighted by Gasteiger charge is -2.13. The second-order valence-electron chi connectivity index (χ2n) is 4.97. The molecular formula is C15H23NO2. The van der Waals surface area contributed by atoms with Crippen molar-refractivity contribution in [1.82, 2.24) is 0 Å². The van der Waals surface area contributed by atoms with Crippen LogP contribution < -0.4 is 5.73 Å². The lowest BCUT2D eigenvalue weighted by Crippen LogP contribution is -2.33. The molecule has 0 aromatic heterocycles. The summed E-state index contributed by atoms with van der Waals surface area (Å²) < 4.78 is 5.07. The summed E-state index contributed by atoms with van der Waals surface area (Å²) in [6.45, 7) is 5.73. The monoisotopic (exact) mass is 249 g/mol. The zero-order valence-corrected chi connectivity index (χ0v) is 11.5. The van der Waals surface area contributed by atoms with Crippen molar-refractivity contribution in [1.29, 1.82) is 0 Å². The molecule has 0 aliphatic heterocycles. The molecule has 3 heteroatoms. The summed E-state index contributed by atoms with van der Waals surface area (Å²) in [5.41, 5.74) is 8.32. The lowest BCUT2D eigenvalue weighted by atomic mass is 10.0. The van der Waals surface area contributed by atoms with Gasteiger partial charge in [0.2, 0.25) is 0 Å². The molecule has 1 aromatic carbocycles. The van der Waals surface area contributed by atoms with Crippen LogP contribution in [-0.2, 0) is 16.0 Å². The van der Waals surface area contributed by atoms with E-state index in [4.69, 9.17) is 10.5 Å². The zero-order valence-electron chi connectivity index (χ0n) is 11.5. The van der Waals surface area contributed by atoms with Crippen LogP contribution in [0.3, 0.4) is 0 Å². The van der Waals surface area contributed by atoms with Gasteiger partial charge in [0.05, 0.1) is 6.10 Å². The number of carbonyl (C=O) groups is 1. The summed E-state index contributed by atoms with van der Waals surface area (Å²) >= 11 is 0. The molecule has 0 saturated carbocycles. The predicted molar refractivity (Wildman–Crippen MR) is 73.3 cm³/mol. The van der Waals surface area contributed by atoms with E-state index in [1.54, 1.807) is 0 Å². The summed E-state index contributed by atoms with van der Waals surface area (Å²) in [7, 11) is 0. The first-order chi connectivity index (χ1) is 8.49. The Balaban J connectivity index is 2.28. The van der Waals surface area contributed by atoms with Crippen LogP contribution in [0.25, 0.3) is 0 Å². The minimum Gasteiger partial charge on any atom is -0.462 e. The van der Waals surface area contributed by atoms with Crippen molar-refractivity contribution in [2.24, 2.45) is 5.73 Å². The molecule has 0 aliphatic rings. The van der Waals surface area contributed by atoms with Crippen molar-refractivity contribution in [2.75, 3.05) is 0 Å². The highest BCUT2D eigenvalue weighted by Gasteiger charge is 2.15. The zero-order chi connectivity index (χ0) is 13.5. The van der Waals surface area contributed by atoms with Gasteiger partial charge in [0.15, 0.2) is 0 Å². The number of aryl methyl sites for hydroxylation is 2. The van der Waals surface area contributed by atoms with Crippen molar-refractivity contribution in [3.8, 4) is 0 Å². The fourth-order valence-corrected chi connectivity index (χ4v) is 1.72. The van der Waals surface area contributed by atoms with Gasteiger partial charge in [0.1, 0.15) is 6.04 Å². The molecule has 0 aliphatic carbocycles. The number of hydrogen-bond donors (Lipinski definition) is 1. The minimum absolute atomic E-state index is 0.0966. The summed E-state index contributed by atoms with van der Waals surface area (Å²) in [5, 5.41) is 0. The third kappa shape index (κ3) is 5.32. The van der Waals surface area contributed by atoms with Gasteiger partial charge in [-0.3, -0.25) is 4.79 Å². The second kappa shape index (κ2) is 7.17. The Labute approximate surface area is 109 Å². The van der Waals surface area contributed by atoms with Crippen molar-refractivity contribution in [2.45, 2.75) is 52.2 Å². The topological polar surface area (TPSA) is 52.3 Å². The highest BCUT2D eigenvalue weighted by Crippen LogP contribution is 2.08. The van der Waals surface area contributed by atoms with E-state index in [0.717, 1.165) is 12.8 Å². The van der Waals surface area contributed by atoms with E-state index in [9.17, 15) is 4.79 Å². The van der Waals surface area contributed by atoms with E-state index >= 15 is 0 Å². The van der Waals surface area contributed by atoms with E-state index in [1.807, 2.05) is 13.8 Å². The minimum atomic E-state index is -0.502. The van der Waals surface area contributed by atoms with E-state index in [2.05, 4.69) is 31.2 Å². The Morgan fingerprint density at radius 2 is 1.89 bits per heavy atom. The SMILES string of the molecule is Cc1ccc(CCCC(N)C(=O)OC(C)C)cc1. The highest BCUT2D eigenvalue weighted by molar-refractivity contribution is 5.75. The van der Waals surface area contributed by atoms with Gasteiger partial charge in [-0.2, -0.15) is 0 Å². The molecule has 0 amide bonds. The van der Waals surface area contributed by atoms with Crippen LogP contribution in [0.4, 0.5) is 0 Å². The number of carbonyl (C=O) groups excluding carboxylic acids is 1. The maximum absolute atomic E-state index is 11.5. The number of esters is 1. The van der Waals surface area contributed by atoms with Gasteiger partial charge in [-0.1, -0.05) is 29.8 Å². The van der Waals surface area contributed by atoms with Crippen LogP contribution in [0.5, 0.6) is 0 Å². The van der Waals surface area contributed by atoms with Crippen molar-refractivity contribution < 1.29 is 9.53 Å². The quantitative estimate of drug-likeness (QED) is 0.788. The molecule has 2 N–H and O–H groups in total. The van der Waals surface area contributed by atoms with Gasteiger partial charge in [0, 0.05) is 0 Å². The summed E-state index contributed by atoms with van der Waals surface area (Å²) in [6, 6.07) is 7.93. The Hall–Kier alpha value is -1.35. The average molecular weight is 249 g/mol. The molecule has 1 aromatic rings. The smallest absolute Gasteiger partial charge is 0.323 e. The van der Waals surface area contributed by atoms with Crippen LogP contribution in [-0.4, -0.2) is 18.1 Å². The van der Waals surface area contributed by atoms with Gasteiger partial charge in [0.25, 0.3) is 0 Å². The first-order valence-electron chi connectivity index (χ1n) is 6.50. The van der Waals surface area contributed by atoms with Crippen molar-refractivity contribution in [3.05, 3.63) is 35.4 Å². The fraction of sp³-hybridized carbons (Fsp3) is 0.533.